The number of hydrogen-bond acceptors (Lipinski definition) is 6. The molecule has 21 heavy (non-hydrogen) atoms. The van der Waals surface area contributed by atoms with Gasteiger partial charge in [0.1, 0.15) is 17.5 Å². The summed E-state index contributed by atoms with van der Waals surface area (Å²) in [5.41, 5.74) is 5.60. The minimum absolute atomic E-state index is 0.668. The summed E-state index contributed by atoms with van der Waals surface area (Å²) in [6.45, 7) is 6.67. The van der Waals surface area contributed by atoms with Gasteiger partial charge in [-0.15, -0.1) is 0 Å². The van der Waals surface area contributed by atoms with Gasteiger partial charge in [0.05, 0.1) is 12.2 Å². The van der Waals surface area contributed by atoms with Crippen LogP contribution in [-0.2, 0) is 13.0 Å². The van der Waals surface area contributed by atoms with Crippen LogP contribution in [0.4, 0.5) is 11.6 Å². The number of rotatable bonds is 5. The van der Waals surface area contributed by atoms with Crippen LogP contribution in [0.5, 0.6) is 0 Å². The minimum Gasteiger partial charge on any atom is -0.353 e. The van der Waals surface area contributed by atoms with Crippen molar-refractivity contribution in [3.05, 3.63) is 41.0 Å². The van der Waals surface area contributed by atoms with E-state index in [0.29, 0.717) is 12.4 Å². The zero-order valence-corrected chi connectivity index (χ0v) is 13.0. The summed E-state index contributed by atoms with van der Waals surface area (Å²) in [7, 11) is 2.00. The fourth-order valence-corrected chi connectivity index (χ4v) is 2.23. The summed E-state index contributed by atoms with van der Waals surface area (Å²) in [5, 5.41) is 0. The van der Waals surface area contributed by atoms with Crippen LogP contribution in [0.15, 0.2) is 18.2 Å². The van der Waals surface area contributed by atoms with Gasteiger partial charge in [-0.25, -0.2) is 15.8 Å². The zero-order chi connectivity index (χ0) is 15.4. The van der Waals surface area contributed by atoms with Crippen molar-refractivity contribution in [1.29, 1.82) is 0 Å². The predicted octanol–water partition coefficient (Wildman–Crippen LogP) is 1.97. The number of nitrogens with one attached hydrogen (secondary N) is 1. The lowest BCUT2D eigenvalue weighted by Gasteiger charge is -2.21. The smallest absolute Gasteiger partial charge is 0.148 e. The zero-order valence-electron chi connectivity index (χ0n) is 13.0. The third-order valence-electron chi connectivity index (χ3n) is 3.33. The molecule has 112 valence electrons. The Morgan fingerprint density at radius 1 is 1.19 bits per heavy atom. The van der Waals surface area contributed by atoms with Crippen LogP contribution >= 0.6 is 0 Å². The predicted molar refractivity (Wildman–Crippen MR) is 85.0 cm³/mol. The summed E-state index contributed by atoms with van der Waals surface area (Å²) in [4.78, 5) is 15.6. The maximum atomic E-state index is 5.54. The van der Waals surface area contributed by atoms with E-state index in [1.165, 1.54) is 0 Å². The van der Waals surface area contributed by atoms with Crippen LogP contribution in [0.1, 0.15) is 29.7 Å². The molecule has 0 radical (unpaired) electrons. The second kappa shape index (κ2) is 6.49. The SMILES string of the molecule is CCc1nc(NN)c(C)c(N(C)Cc2cccc(C)n2)n1. The molecule has 0 aliphatic rings. The van der Waals surface area contributed by atoms with Crippen molar-refractivity contribution in [2.45, 2.75) is 33.7 Å². The maximum Gasteiger partial charge on any atom is 0.148 e. The second-order valence-corrected chi connectivity index (χ2v) is 5.06. The van der Waals surface area contributed by atoms with Crippen LogP contribution in [0.2, 0.25) is 0 Å². The van der Waals surface area contributed by atoms with Gasteiger partial charge in [-0.1, -0.05) is 13.0 Å². The number of anilines is 2. The van der Waals surface area contributed by atoms with Gasteiger partial charge in [-0.2, -0.15) is 0 Å². The monoisotopic (exact) mass is 286 g/mol. The first-order valence-corrected chi connectivity index (χ1v) is 7.03. The number of nitrogen functional groups attached to an aromatic ring is 1. The van der Waals surface area contributed by atoms with Crippen LogP contribution in [0.3, 0.4) is 0 Å². The molecule has 0 aliphatic carbocycles. The van der Waals surface area contributed by atoms with Crippen molar-refractivity contribution in [3.8, 4) is 0 Å². The molecule has 0 saturated carbocycles. The average molecular weight is 286 g/mol. The standard InChI is InChI=1S/C15H22N6/c1-5-13-18-14(20-16)11(3)15(19-13)21(4)9-12-8-6-7-10(2)17-12/h6-8H,5,9,16H2,1-4H3,(H,18,19,20). The number of aromatic nitrogens is 3. The summed E-state index contributed by atoms with van der Waals surface area (Å²) >= 11 is 0. The molecule has 0 atom stereocenters. The quantitative estimate of drug-likeness (QED) is 0.646. The van der Waals surface area contributed by atoms with E-state index >= 15 is 0 Å². The van der Waals surface area contributed by atoms with Crippen LogP contribution in [-0.4, -0.2) is 22.0 Å². The van der Waals surface area contributed by atoms with Crippen molar-refractivity contribution in [2.75, 3.05) is 17.4 Å². The van der Waals surface area contributed by atoms with Gasteiger partial charge in [0.15, 0.2) is 0 Å². The van der Waals surface area contributed by atoms with Crippen molar-refractivity contribution >= 4 is 11.6 Å². The molecule has 0 saturated heterocycles. The highest BCUT2D eigenvalue weighted by molar-refractivity contribution is 5.57. The third-order valence-corrected chi connectivity index (χ3v) is 3.33. The topological polar surface area (TPSA) is 80.0 Å². The molecule has 2 rings (SSSR count). The lowest BCUT2D eigenvalue weighted by atomic mass is 10.2. The van der Waals surface area contributed by atoms with Crippen molar-refractivity contribution in [3.63, 3.8) is 0 Å². The van der Waals surface area contributed by atoms with E-state index in [-0.39, 0.29) is 0 Å². The summed E-state index contributed by atoms with van der Waals surface area (Å²) < 4.78 is 0. The minimum atomic E-state index is 0.668. The van der Waals surface area contributed by atoms with E-state index in [1.807, 2.05) is 46.0 Å². The molecule has 0 amide bonds. The Balaban J connectivity index is 2.32. The Bertz CT molecular complexity index is 626. The molecule has 0 spiro atoms. The van der Waals surface area contributed by atoms with Gasteiger partial charge in [0.25, 0.3) is 0 Å². The van der Waals surface area contributed by atoms with Gasteiger partial charge in [-0.3, -0.25) is 4.98 Å². The van der Waals surface area contributed by atoms with E-state index in [1.54, 1.807) is 0 Å². The first-order valence-electron chi connectivity index (χ1n) is 7.03. The van der Waals surface area contributed by atoms with Crippen LogP contribution in [0, 0.1) is 13.8 Å². The van der Waals surface area contributed by atoms with E-state index in [4.69, 9.17) is 5.84 Å². The van der Waals surface area contributed by atoms with E-state index in [2.05, 4.69) is 25.3 Å². The summed E-state index contributed by atoms with van der Waals surface area (Å²) in [6.07, 6.45) is 0.762. The Morgan fingerprint density at radius 2 is 1.95 bits per heavy atom. The van der Waals surface area contributed by atoms with Crippen LogP contribution in [0.25, 0.3) is 0 Å². The summed E-state index contributed by atoms with van der Waals surface area (Å²) in [6, 6.07) is 6.02. The molecule has 0 aromatic carbocycles. The van der Waals surface area contributed by atoms with Crippen LogP contribution < -0.4 is 16.2 Å². The number of aryl methyl sites for hydroxylation is 2. The molecule has 0 bridgehead atoms. The Labute approximate surface area is 125 Å². The maximum absolute atomic E-state index is 5.54. The number of hydrazine groups is 1. The number of nitrogens with two attached hydrogens (primary N) is 1. The number of pyridine rings is 1. The summed E-state index contributed by atoms with van der Waals surface area (Å²) in [5.74, 6) is 7.86. The largest absolute Gasteiger partial charge is 0.353 e. The first kappa shape index (κ1) is 15.2. The van der Waals surface area contributed by atoms with Gasteiger partial charge < -0.3 is 10.3 Å². The molecule has 2 heterocycles. The van der Waals surface area contributed by atoms with E-state index in [0.717, 1.165) is 35.0 Å². The van der Waals surface area contributed by atoms with Gasteiger partial charge in [0.2, 0.25) is 0 Å². The van der Waals surface area contributed by atoms with Crippen molar-refractivity contribution < 1.29 is 0 Å². The van der Waals surface area contributed by atoms with Gasteiger partial charge >= 0.3 is 0 Å². The number of nitrogens with zero attached hydrogens (tertiary/aromatic N) is 4. The fraction of sp³-hybridized carbons (Fsp3) is 0.400. The fourth-order valence-electron chi connectivity index (χ4n) is 2.23. The first-order chi connectivity index (χ1) is 10.0. The third kappa shape index (κ3) is 3.46. The molecule has 2 aromatic rings. The highest BCUT2D eigenvalue weighted by Crippen LogP contribution is 2.23. The molecule has 3 N–H and O–H groups in total. The van der Waals surface area contributed by atoms with Gasteiger partial charge in [-0.05, 0) is 26.0 Å². The molecular weight excluding hydrogens is 264 g/mol. The molecule has 2 aromatic heterocycles. The van der Waals surface area contributed by atoms with Crippen molar-refractivity contribution in [2.24, 2.45) is 5.84 Å². The average Bonchev–Trinajstić information content (AvgIpc) is 2.47. The molecule has 0 fully saturated rings. The van der Waals surface area contributed by atoms with Gasteiger partial charge in [0, 0.05) is 24.7 Å². The Hall–Kier alpha value is -2.21. The molecule has 6 heteroatoms. The lowest BCUT2D eigenvalue weighted by molar-refractivity contribution is 0.828. The highest BCUT2D eigenvalue weighted by Gasteiger charge is 2.14. The number of hydrogen-bond donors (Lipinski definition) is 2. The molecular formula is C15H22N6. The normalized spacial score (nSPS) is 10.5. The van der Waals surface area contributed by atoms with E-state index < -0.39 is 0 Å². The second-order valence-electron chi connectivity index (χ2n) is 5.06. The van der Waals surface area contributed by atoms with E-state index in [9.17, 15) is 0 Å². The highest BCUT2D eigenvalue weighted by atomic mass is 15.3. The molecule has 6 nitrogen and oxygen atoms in total. The Kier molecular flexibility index (Phi) is 4.70. The molecule has 0 aliphatic heterocycles. The Morgan fingerprint density at radius 3 is 2.57 bits per heavy atom. The lowest BCUT2D eigenvalue weighted by Crippen LogP contribution is -2.22. The van der Waals surface area contributed by atoms with Crippen molar-refractivity contribution in [1.82, 2.24) is 15.0 Å². The molecule has 0 unspecified atom stereocenters.